The Morgan fingerprint density at radius 3 is 2.76 bits per heavy atom. The van der Waals surface area contributed by atoms with Gasteiger partial charge in [-0.2, -0.15) is 23.4 Å². The summed E-state index contributed by atoms with van der Waals surface area (Å²) in [5.74, 6) is 0.942. The molecule has 3 heterocycles. The Kier molecular flexibility index (Phi) is 6.97. The van der Waals surface area contributed by atoms with Crippen LogP contribution in [0.1, 0.15) is 55.5 Å². The van der Waals surface area contributed by atoms with Crippen LogP contribution in [0.25, 0.3) is 0 Å². The third-order valence-corrected chi connectivity index (χ3v) is 5.97. The lowest BCUT2D eigenvalue weighted by molar-refractivity contribution is -0.142. The van der Waals surface area contributed by atoms with Gasteiger partial charge in [-0.25, -0.2) is 4.98 Å². The van der Waals surface area contributed by atoms with Gasteiger partial charge in [0.15, 0.2) is 5.69 Å². The largest absolute Gasteiger partial charge is 0.476 e. The van der Waals surface area contributed by atoms with Crippen molar-refractivity contribution in [2.45, 2.75) is 51.2 Å². The zero-order valence-corrected chi connectivity index (χ0v) is 19.6. The van der Waals surface area contributed by atoms with Gasteiger partial charge in [0.25, 0.3) is 0 Å². The molecule has 0 aromatic carbocycles. The molecule has 7 nitrogen and oxygen atoms in total. The van der Waals surface area contributed by atoms with Crippen molar-refractivity contribution in [3.05, 3.63) is 52.0 Å². The van der Waals surface area contributed by atoms with E-state index in [-0.39, 0.29) is 24.2 Å². The molecule has 0 amide bonds. The third kappa shape index (κ3) is 5.97. The molecule has 1 saturated carbocycles. The van der Waals surface area contributed by atoms with E-state index >= 15 is 0 Å². The second-order valence-corrected chi connectivity index (χ2v) is 9.17. The number of Topliss-reactive ketones (excluding diaryl/α,β-unsaturated/α-hetero) is 1. The van der Waals surface area contributed by atoms with Crippen LogP contribution >= 0.6 is 11.6 Å². The molecule has 0 spiro atoms. The summed E-state index contributed by atoms with van der Waals surface area (Å²) in [6.45, 7) is 2.33. The lowest BCUT2D eigenvalue weighted by Crippen LogP contribution is -2.25. The van der Waals surface area contributed by atoms with Gasteiger partial charge in [-0.05, 0) is 55.4 Å². The predicted octanol–water partition coefficient (Wildman–Crippen LogP) is 4.81. The number of hydrogen-bond acceptors (Lipinski definition) is 6. The average molecular weight is 496 g/mol. The van der Waals surface area contributed by atoms with E-state index in [0.717, 1.165) is 4.68 Å². The summed E-state index contributed by atoms with van der Waals surface area (Å²) in [6, 6.07) is 0.952. The maximum atomic E-state index is 13.3. The van der Waals surface area contributed by atoms with E-state index in [9.17, 15) is 18.0 Å². The van der Waals surface area contributed by atoms with Crippen molar-refractivity contribution in [3.8, 4) is 5.88 Å². The minimum Gasteiger partial charge on any atom is -0.476 e. The number of rotatable bonds is 9. The van der Waals surface area contributed by atoms with Crippen LogP contribution in [-0.2, 0) is 24.4 Å². The number of carbonyl (C=O) groups excluding carboxylic acids is 1. The molecule has 11 heteroatoms. The zero-order valence-electron chi connectivity index (χ0n) is 18.8. The lowest BCUT2D eigenvalue weighted by Gasteiger charge is -2.23. The van der Waals surface area contributed by atoms with Crippen LogP contribution in [0.15, 0.2) is 35.2 Å². The summed E-state index contributed by atoms with van der Waals surface area (Å²) in [5, 5.41) is 8.13. The third-order valence-electron chi connectivity index (χ3n) is 5.70. The van der Waals surface area contributed by atoms with Crippen LogP contribution in [0.3, 0.4) is 0 Å². The van der Waals surface area contributed by atoms with Crippen molar-refractivity contribution >= 4 is 23.1 Å². The van der Waals surface area contributed by atoms with Crippen LogP contribution in [0.2, 0.25) is 5.02 Å². The van der Waals surface area contributed by atoms with E-state index in [1.165, 1.54) is 26.1 Å². The molecule has 2 aliphatic rings. The molecule has 0 radical (unpaired) electrons. The van der Waals surface area contributed by atoms with Gasteiger partial charge >= 0.3 is 6.18 Å². The first-order valence-electron chi connectivity index (χ1n) is 11.0. The summed E-state index contributed by atoms with van der Waals surface area (Å²) < 4.78 is 46.7. The minimum absolute atomic E-state index is 0.0107. The number of carbonyl (C=O) groups is 1. The Bertz CT molecular complexity index is 1140. The summed E-state index contributed by atoms with van der Waals surface area (Å²) in [5.41, 5.74) is 3.81. The van der Waals surface area contributed by atoms with E-state index in [2.05, 4.69) is 20.6 Å². The lowest BCUT2D eigenvalue weighted by atomic mass is 9.96. The number of nitrogens with zero attached hydrogens (tertiary/aromatic N) is 4. The number of hydrazone groups is 1. The summed E-state index contributed by atoms with van der Waals surface area (Å²) in [7, 11) is 1.44. The molecule has 182 valence electrons. The van der Waals surface area contributed by atoms with Gasteiger partial charge in [0.1, 0.15) is 10.8 Å². The van der Waals surface area contributed by atoms with Crippen LogP contribution < -0.4 is 10.2 Å². The highest BCUT2D eigenvalue weighted by Crippen LogP contribution is 2.36. The SMILES string of the molecule is CC1=CC(CCC(=O)Cc2cnc(OCC3CC3)c(Cl)c2)=NNC1c1cn(C)nc1C(F)(F)F. The molecule has 1 N–H and O–H groups in total. The molecule has 2 aromatic heterocycles. The number of hydrogen-bond donors (Lipinski definition) is 1. The fourth-order valence-electron chi connectivity index (χ4n) is 3.74. The Morgan fingerprint density at radius 1 is 1.35 bits per heavy atom. The van der Waals surface area contributed by atoms with Gasteiger partial charge in [0.05, 0.1) is 18.4 Å². The Balaban J connectivity index is 1.31. The maximum absolute atomic E-state index is 13.3. The second kappa shape index (κ2) is 9.77. The van der Waals surface area contributed by atoms with E-state index in [0.29, 0.717) is 46.7 Å². The van der Waals surface area contributed by atoms with Crippen molar-refractivity contribution in [1.29, 1.82) is 0 Å². The Hall–Kier alpha value is -2.88. The highest BCUT2D eigenvalue weighted by atomic mass is 35.5. The summed E-state index contributed by atoms with van der Waals surface area (Å²) >= 11 is 6.23. The molecule has 4 rings (SSSR count). The maximum Gasteiger partial charge on any atom is 0.435 e. The number of alkyl halides is 3. The second-order valence-electron chi connectivity index (χ2n) is 8.76. The smallest absolute Gasteiger partial charge is 0.435 e. The summed E-state index contributed by atoms with van der Waals surface area (Å²) in [4.78, 5) is 16.7. The van der Waals surface area contributed by atoms with E-state index in [4.69, 9.17) is 16.3 Å². The molecule has 1 unspecified atom stereocenters. The van der Waals surface area contributed by atoms with Gasteiger partial charge in [0.2, 0.25) is 5.88 Å². The van der Waals surface area contributed by atoms with Gasteiger partial charge in [0, 0.05) is 37.8 Å². The molecular formula is C23H25ClF3N5O2. The van der Waals surface area contributed by atoms with Crippen LogP contribution in [0.4, 0.5) is 13.2 Å². The van der Waals surface area contributed by atoms with E-state index < -0.39 is 17.9 Å². The number of pyridine rings is 1. The highest BCUT2D eigenvalue weighted by Gasteiger charge is 2.39. The predicted molar refractivity (Wildman–Crippen MR) is 121 cm³/mol. The quantitative estimate of drug-likeness (QED) is 0.539. The average Bonchev–Trinajstić information content (AvgIpc) is 3.50. The number of halogens is 4. The van der Waals surface area contributed by atoms with Crippen molar-refractivity contribution in [1.82, 2.24) is 20.2 Å². The van der Waals surface area contributed by atoms with Crippen molar-refractivity contribution in [2.75, 3.05) is 6.61 Å². The zero-order chi connectivity index (χ0) is 24.5. The van der Waals surface area contributed by atoms with Crippen LogP contribution in [0, 0.1) is 5.92 Å². The van der Waals surface area contributed by atoms with Gasteiger partial charge in [-0.3, -0.25) is 14.9 Å². The first-order chi connectivity index (χ1) is 16.1. The molecule has 1 atom stereocenters. The minimum atomic E-state index is -4.56. The number of aryl methyl sites for hydroxylation is 1. The van der Waals surface area contributed by atoms with Crippen LogP contribution in [0.5, 0.6) is 5.88 Å². The molecule has 2 aromatic rings. The number of allylic oxidation sites excluding steroid dienone is 1. The molecule has 0 saturated heterocycles. The Morgan fingerprint density at radius 2 is 2.12 bits per heavy atom. The van der Waals surface area contributed by atoms with Crippen molar-refractivity contribution in [3.63, 3.8) is 0 Å². The van der Waals surface area contributed by atoms with Crippen molar-refractivity contribution < 1.29 is 22.7 Å². The fraction of sp³-hybridized carbons (Fsp3) is 0.478. The number of ketones is 1. The Labute approximate surface area is 200 Å². The number of ether oxygens (including phenoxy) is 1. The highest BCUT2D eigenvalue weighted by molar-refractivity contribution is 6.31. The molecule has 0 bridgehead atoms. The van der Waals surface area contributed by atoms with E-state index in [1.54, 1.807) is 25.3 Å². The number of aromatic nitrogens is 3. The summed E-state index contributed by atoms with van der Waals surface area (Å²) in [6.07, 6.45) is 3.17. The van der Waals surface area contributed by atoms with Gasteiger partial charge in [-0.15, -0.1) is 0 Å². The molecule has 1 aliphatic carbocycles. The standard InChI is InChI=1S/C23H25ClF3N5O2/c1-13-7-16(29-30-20(13)18-11-32(2)31-21(18)23(25,26)27)5-6-17(33)8-15-9-19(24)22(28-10-15)34-12-14-3-4-14/h7,9-11,14,20,30H,3-6,8,12H2,1-2H3. The van der Waals surface area contributed by atoms with Gasteiger partial charge < -0.3 is 4.74 Å². The monoisotopic (exact) mass is 495 g/mol. The van der Waals surface area contributed by atoms with Gasteiger partial charge in [-0.1, -0.05) is 11.6 Å². The van der Waals surface area contributed by atoms with Crippen LogP contribution in [-0.4, -0.2) is 32.9 Å². The molecule has 34 heavy (non-hydrogen) atoms. The topological polar surface area (TPSA) is 81.4 Å². The van der Waals surface area contributed by atoms with Crippen molar-refractivity contribution in [2.24, 2.45) is 18.1 Å². The molecule has 1 fully saturated rings. The first-order valence-corrected chi connectivity index (χ1v) is 11.4. The van der Waals surface area contributed by atoms with E-state index in [1.807, 2.05) is 0 Å². The normalized spacial score (nSPS) is 18.2. The first kappa shape index (κ1) is 24.3. The fourth-order valence-corrected chi connectivity index (χ4v) is 3.99. The molecule has 1 aliphatic heterocycles. The number of nitrogens with one attached hydrogen (secondary N) is 1. The molecular weight excluding hydrogens is 471 g/mol.